The minimum absolute atomic E-state index is 0.212. The first-order valence-corrected chi connectivity index (χ1v) is 9.54. The number of carbonyl (C=O) groups is 2. The van der Waals surface area contributed by atoms with E-state index in [-0.39, 0.29) is 12.4 Å². The van der Waals surface area contributed by atoms with Crippen molar-refractivity contribution in [3.63, 3.8) is 0 Å². The number of methoxy groups -OCH3 is 2. The second-order valence-electron chi connectivity index (χ2n) is 6.97. The van der Waals surface area contributed by atoms with E-state index in [0.29, 0.717) is 22.6 Å². The van der Waals surface area contributed by atoms with Crippen molar-refractivity contribution in [3.8, 4) is 11.5 Å². The fourth-order valence-corrected chi connectivity index (χ4v) is 4.13. The van der Waals surface area contributed by atoms with Gasteiger partial charge in [0, 0.05) is 23.1 Å². The Bertz CT molecular complexity index is 1100. The van der Waals surface area contributed by atoms with Crippen LogP contribution in [0.15, 0.2) is 54.6 Å². The van der Waals surface area contributed by atoms with Crippen LogP contribution in [0.25, 0.3) is 10.8 Å². The maximum Gasteiger partial charge on any atom is 0.317 e. The standard InChI is InChI=1S/C24H22O5/c1-4-29-24(26)22-20(16-10-9-14-7-5-6-8-15(14)11-16)21-18(23(22)25)12-17(27-2)13-19(21)28-3/h5-13,20,22H,4H2,1-3H3/t20-,22+/m1/s1. The zero-order chi connectivity index (χ0) is 20.5. The van der Waals surface area contributed by atoms with Crippen molar-refractivity contribution in [2.45, 2.75) is 12.8 Å². The summed E-state index contributed by atoms with van der Waals surface area (Å²) in [6.07, 6.45) is 0. The molecule has 5 nitrogen and oxygen atoms in total. The van der Waals surface area contributed by atoms with Crippen LogP contribution in [-0.2, 0) is 9.53 Å². The molecule has 0 unspecified atom stereocenters. The van der Waals surface area contributed by atoms with Crippen molar-refractivity contribution in [1.82, 2.24) is 0 Å². The van der Waals surface area contributed by atoms with Gasteiger partial charge in [-0.15, -0.1) is 0 Å². The van der Waals surface area contributed by atoms with Gasteiger partial charge < -0.3 is 14.2 Å². The molecule has 3 aromatic rings. The van der Waals surface area contributed by atoms with Gasteiger partial charge in [0.2, 0.25) is 0 Å². The molecule has 0 radical (unpaired) electrons. The predicted molar refractivity (Wildman–Crippen MR) is 110 cm³/mol. The van der Waals surface area contributed by atoms with Crippen LogP contribution in [-0.4, -0.2) is 32.6 Å². The van der Waals surface area contributed by atoms with E-state index in [2.05, 4.69) is 0 Å². The van der Waals surface area contributed by atoms with E-state index in [1.54, 1.807) is 26.2 Å². The number of fused-ring (bicyclic) bond motifs is 2. The maximum atomic E-state index is 13.3. The molecule has 29 heavy (non-hydrogen) atoms. The molecule has 0 aromatic heterocycles. The molecule has 1 aliphatic rings. The van der Waals surface area contributed by atoms with Crippen molar-refractivity contribution >= 4 is 22.5 Å². The highest BCUT2D eigenvalue weighted by molar-refractivity contribution is 6.14. The number of Topliss-reactive ketones (excluding diaryl/α,β-unsaturated/α-hetero) is 1. The molecule has 0 fully saturated rings. The molecular weight excluding hydrogens is 368 g/mol. The van der Waals surface area contributed by atoms with E-state index < -0.39 is 17.8 Å². The van der Waals surface area contributed by atoms with Gasteiger partial charge in [-0.2, -0.15) is 0 Å². The van der Waals surface area contributed by atoms with Crippen LogP contribution < -0.4 is 9.47 Å². The molecule has 0 amide bonds. The first kappa shape index (κ1) is 19.0. The van der Waals surface area contributed by atoms with Gasteiger partial charge >= 0.3 is 5.97 Å². The molecule has 0 aliphatic heterocycles. The Morgan fingerprint density at radius 1 is 0.966 bits per heavy atom. The van der Waals surface area contributed by atoms with Crippen molar-refractivity contribution in [2.75, 3.05) is 20.8 Å². The van der Waals surface area contributed by atoms with E-state index in [9.17, 15) is 9.59 Å². The highest BCUT2D eigenvalue weighted by Gasteiger charge is 2.48. The third kappa shape index (κ3) is 3.12. The van der Waals surface area contributed by atoms with Gasteiger partial charge in [0.05, 0.1) is 20.8 Å². The fourth-order valence-electron chi connectivity index (χ4n) is 4.13. The van der Waals surface area contributed by atoms with E-state index in [1.807, 2.05) is 42.5 Å². The average Bonchev–Trinajstić information content (AvgIpc) is 3.05. The Morgan fingerprint density at radius 3 is 2.41 bits per heavy atom. The summed E-state index contributed by atoms with van der Waals surface area (Å²) in [5.74, 6) is -1.19. The summed E-state index contributed by atoms with van der Waals surface area (Å²) in [6, 6.07) is 17.4. The van der Waals surface area contributed by atoms with Gasteiger partial charge in [-0.25, -0.2) is 0 Å². The maximum absolute atomic E-state index is 13.3. The van der Waals surface area contributed by atoms with E-state index >= 15 is 0 Å². The lowest BCUT2D eigenvalue weighted by Gasteiger charge is -2.21. The molecule has 0 saturated heterocycles. The van der Waals surface area contributed by atoms with Gasteiger partial charge in [-0.3, -0.25) is 9.59 Å². The first-order valence-electron chi connectivity index (χ1n) is 9.54. The lowest BCUT2D eigenvalue weighted by atomic mass is 9.84. The van der Waals surface area contributed by atoms with Crippen LogP contribution in [0.1, 0.15) is 34.3 Å². The van der Waals surface area contributed by atoms with Crippen LogP contribution in [0.3, 0.4) is 0 Å². The molecule has 0 N–H and O–H groups in total. The Morgan fingerprint density at radius 2 is 1.72 bits per heavy atom. The molecule has 0 bridgehead atoms. The summed E-state index contributed by atoms with van der Waals surface area (Å²) in [5, 5.41) is 2.14. The lowest BCUT2D eigenvalue weighted by molar-refractivity contribution is -0.146. The van der Waals surface area contributed by atoms with Crippen LogP contribution in [0, 0.1) is 5.92 Å². The van der Waals surface area contributed by atoms with Gasteiger partial charge in [0.25, 0.3) is 0 Å². The number of ketones is 1. The summed E-state index contributed by atoms with van der Waals surface area (Å²) < 4.78 is 16.2. The monoisotopic (exact) mass is 390 g/mol. The third-order valence-electron chi connectivity index (χ3n) is 5.44. The van der Waals surface area contributed by atoms with Crippen molar-refractivity contribution in [2.24, 2.45) is 5.92 Å². The smallest absolute Gasteiger partial charge is 0.317 e. The largest absolute Gasteiger partial charge is 0.497 e. The molecule has 0 heterocycles. The Kier molecular flexibility index (Phi) is 4.97. The highest BCUT2D eigenvalue weighted by atomic mass is 16.5. The van der Waals surface area contributed by atoms with Gasteiger partial charge in [-0.05, 0) is 29.3 Å². The summed E-state index contributed by atoms with van der Waals surface area (Å²) in [4.78, 5) is 26.1. The van der Waals surface area contributed by atoms with Crippen molar-refractivity contribution in [3.05, 3.63) is 71.3 Å². The Hall–Kier alpha value is -3.34. The van der Waals surface area contributed by atoms with E-state index in [0.717, 1.165) is 16.3 Å². The van der Waals surface area contributed by atoms with Gasteiger partial charge in [0.15, 0.2) is 5.78 Å². The molecule has 5 heteroatoms. The second kappa shape index (κ2) is 7.59. The zero-order valence-electron chi connectivity index (χ0n) is 16.6. The number of ether oxygens (including phenoxy) is 3. The molecule has 4 rings (SSSR count). The minimum Gasteiger partial charge on any atom is -0.497 e. The first-order chi connectivity index (χ1) is 14.1. The predicted octanol–water partition coefficient (Wildman–Crippen LogP) is 4.36. The molecule has 2 atom stereocenters. The molecule has 0 saturated carbocycles. The van der Waals surface area contributed by atoms with Crippen LogP contribution >= 0.6 is 0 Å². The summed E-state index contributed by atoms with van der Waals surface area (Å²) in [5.41, 5.74) is 2.02. The number of benzene rings is 3. The molecule has 148 valence electrons. The second-order valence-corrected chi connectivity index (χ2v) is 6.97. The molecule has 0 spiro atoms. The summed E-state index contributed by atoms with van der Waals surface area (Å²) >= 11 is 0. The van der Waals surface area contributed by atoms with Gasteiger partial charge in [0.1, 0.15) is 17.4 Å². The SMILES string of the molecule is CCOC(=O)[C@@H]1C(=O)c2cc(OC)cc(OC)c2[C@H]1c1ccc2ccccc2c1. The zero-order valence-corrected chi connectivity index (χ0v) is 16.6. The third-order valence-corrected chi connectivity index (χ3v) is 5.44. The Labute approximate surface area is 169 Å². The number of hydrogen-bond donors (Lipinski definition) is 0. The summed E-state index contributed by atoms with van der Waals surface area (Å²) in [6.45, 7) is 1.95. The fraction of sp³-hybridized carbons (Fsp3) is 0.250. The van der Waals surface area contributed by atoms with Crippen molar-refractivity contribution < 1.29 is 23.8 Å². The lowest BCUT2D eigenvalue weighted by Crippen LogP contribution is -2.27. The minimum atomic E-state index is -0.952. The highest BCUT2D eigenvalue weighted by Crippen LogP contribution is 2.49. The average molecular weight is 390 g/mol. The number of hydrogen-bond acceptors (Lipinski definition) is 5. The Balaban J connectivity index is 1.95. The normalized spacial score (nSPS) is 17.8. The molecular formula is C24H22O5. The number of rotatable bonds is 5. The van der Waals surface area contributed by atoms with Crippen LogP contribution in [0.5, 0.6) is 11.5 Å². The van der Waals surface area contributed by atoms with Crippen molar-refractivity contribution in [1.29, 1.82) is 0 Å². The molecule has 3 aromatic carbocycles. The van der Waals surface area contributed by atoms with Crippen LogP contribution in [0.4, 0.5) is 0 Å². The van der Waals surface area contributed by atoms with E-state index in [1.165, 1.54) is 7.11 Å². The summed E-state index contributed by atoms with van der Waals surface area (Å²) in [7, 11) is 3.08. The number of carbonyl (C=O) groups excluding carboxylic acids is 2. The molecule has 1 aliphatic carbocycles. The van der Waals surface area contributed by atoms with Gasteiger partial charge in [-0.1, -0.05) is 42.5 Å². The van der Waals surface area contributed by atoms with E-state index in [4.69, 9.17) is 14.2 Å². The number of esters is 1. The topological polar surface area (TPSA) is 61.8 Å². The quantitative estimate of drug-likeness (QED) is 0.478. The van der Waals surface area contributed by atoms with Crippen LogP contribution in [0.2, 0.25) is 0 Å².